The van der Waals surface area contributed by atoms with Crippen LogP contribution >= 0.6 is 23.2 Å². The molecular weight excluding hydrogens is 473 g/mol. The lowest BCUT2D eigenvalue weighted by Crippen LogP contribution is -2.43. The summed E-state index contributed by atoms with van der Waals surface area (Å²) in [6.07, 6.45) is 1.69. The van der Waals surface area contributed by atoms with Gasteiger partial charge in [-0.1, -0.05) is 29.3 Å². The molecule has 2 aromatic rings. The monoisotopic (exact) mass is 497 g/mol. The number of carbonyl (C=O) groups is 3. The quantitative estimate of drug-likeness (QED) is 0.500. The Hall–Kier alpha value is -2.82. The van der Waals surface area contributed by atoms with E-state index in [1.807, 2.05) is 0 Å². The Bertz CT molecular complexity index is 1000. The number of anilines is 1. The molecule has 2 heterocycles. The van der Waals surface area contributed by atoms with E-state index in [2.05, 4.69) is 21.0 Å². The molecular formula is C21H25Cl2N5O5. The van der Waals surface area contributed by atoms with Gasteiger partial charge >= 0.3 is 6.16 Å². The summed E-state index contributed by atoms with van der Waals surface area (Å²) in [5.74, 6) is -1.08. The maximum atomic E-state index is 12.9. The lowest BCUT2D eigenvalue weighted by atomic mass is 10.1. The van der Waals surface area contributed by atoms with Crippen molar-refractivity contribution in [3.05, 3.63) is 45.7 Å². The van der Waals surface area contributed by atoms with Crippen LogP contribution in [0.2, 0.25) is 10.0 Å². The summed E-state index contributed by atoms with van der Waals surface area (Å²) in [5.41, 5.74) is 0.143. The number of aromatic nitrogens is 2. The van der Waals surface area contributed by atoms with Gasteiger partial charge in [0.1, 0.15) is 0 Å². The Morgan fingerprint density at radius 2 is 1.85 bits per heavy atom. The molecule has 0 unspecified atom stereocenters. The third-order valence-corrected chi connectivity index (χ3v) is 5.37. The standard InChI is InChI=1S/C21H25Cl2N5O5/c1-12(2)33-21(31)32-11-28-10-16(26-19(29)17-14(22)4-3-5-15(17)23)18(27-28)20(30)25-13-6-8-24-9-7-13/h3-5,10,12-13,24H,6-9,11H2,1-2H3,(H,25,30)(H,26,29). The van der Waals surface area contributed by atoms with Crippen molar-refractivity contribution in [3.8, 4) is 0 Å². The van der Waals surface area contributed by atoms with Gasteiger partial charge in [-0.2, -0.15) is 5.10 Å². The Kier molecular flexibility index (Phi) is 8.54. The largest absolute Gasteiger partial charge is 0.510 e. The molecule has 1 aromatic heterocycles. The number of nitrogens with one attached hydrogen (secondary N) is 3. The molecule has 0 aliphatic carbocycles. The average Bonchev–Trinajstić information content (AvgIpc) is 3.15. The molecule has 1 aromatic carbocycles. The third kappa shape index (κ3) is 6.83. The van der Waals surface area contributed by atoms with Crippen LogP contribution in [0.25, 0.3) is 0 Å². The Labute approximate surface area is 200 Å². The highest BCUT2D eigenvalue weighted by molar-refractivity contribution is 6.40. The molecule has 12 heteroatoms. The summed E-state index contributed by atoms with van der Waals surface area (Å²) in [6, 6.07) is 4.66. The molecule has 0 saturated carbocycles. The number of benzene rings is 1. The van der Waals surface area contributed by atoms with Gasteiger partial charge in [-0.05, 0) is 51.9 Å². The lowest BCUT2D eigenvalue weighted by Gasteiger charge is -2.23. The van der Waals surface area contributed by atoms with Gasteiger partial charge in [0, 0.05) is 6.04 Å². The van der Waals surface area contributed by atoms with Crippen molar-refractivity contribution in [3.63, 3.8) is 0 Å². The van der Waals surface area contributed by atoms with Crippen LogP contribution < -0.4 is 16.0 Å². The number of hydrogen-bond acceptors (Lipinski definition) is 7. The van der Waals surface area contributed by atoms with E-state index >= 15 is 0 Å². The summed E-state index contributed by atoms with van der Waals surface area (Å²) in [7, 11) is 0. The van der Waals surface area contributed by atoms with Crippen molar-refractivity contribution in [2.75, 3.05) is 18.4 Å². The first-order valence-electron chi connectivity index (χ1n) is 10.4. The minimum absolute atomic E-state index is 0.0252. The van der Waals surface area contributed by atoms with Crippen molar-refractivity contribution in [2.45, 2.75) is 45.6 Å². The van der Waals surface area contributed by atoms with Gasteiger partial charge in [0.15, 0.2) is 12.4 Å². The number of halogens is 2. The molecule has 33 heavy (non-hydrogen) atoms. The van der Waals surface area contributed by atoms with Gasteiger partial charge < -0.3 is 25.4 Å². The van der Waals surface area contributed by atoms with Gasteiger partial charge in [0.05, 0.1) is 33.6 Å². The molecule has 10 nitrogen and oxygen atoms in total. The molecule has 1 fully saturated rings. The van der Waals surface area contributed by atoms with Gasteiger partial charge in [-0.25, -0.2) is 9.48 Å². The van der Waals surface area contributed by atoms with Crippen molar-refractivity contribution in [1.29, 1.82) is 0 Å². The van der Waals surface area contributed by atoms with Gasteiger partial charge in [-0.3, -0.25) is 9.59 Å². The Morgan fingerprint density at radius 1 is 1.18 bits per heavy atom. The number of piperidine rings is 1. The molecule has 0 atom stereocenters. The second-order valence-corrected chi connectivity index (χ2v) is 8.48. The highest BCUT2D eigenvalue weighted by atomic mass is 35.5. The van der Waals surface area contributed by atoms with Crippen LogP contribution in [-0.2, 0) is 16.2 Å². The number of carbonyl (C=O) groups excluding carboxylic acids is 3. The molecule has 178 valence electrons. The fraction of sp³-hybridized carbons (Fsp3) is 0.429. The molecule has 2 amide bonds. The van der Waals surface area contributed by atoms with Crippen LogP contribution in [0.1, 0.15) is 47.5 Å². The van der Waals surface area contributed by atoms with E-state index in [0.717, 1.165) is 25.9 Å². The topological polar surface area (TPSA) is 124 Å². The van der Waals surface area contributed by atoms with Crippen LogP contribution in [0.5, 0.6) is 0 Å². The Balaban J connectivity index is 1.81. The lowest BCUT2D eigenvalue weighted by molar-refractivity contribution is 0.0132. The molecule has 3 rings (SSSR count). The van der Waals surface area contributed by atoms with E-state index in [0.29, 0.717) is 0 Å². The summed E-state index contributed by atoms with van der Waals surface area (Å²) >= 11 is 12.3. The van der Waals surface area contributed by atoms with E-state index in [4.69, 9.17) is 32.7 Å². The maximum Gasteiger partial charge on any atom is 0.510 e. The molecule has 0 spiro atoms. The summed E-state index contributed by atoms with van der Waals surface area (Å²) in [4.78, 5) is 37.5. The van der Waals surface area contributed by atoms with Crippen LogP contribution in [0.15, 0.2) is 24.4 Å². The van der Waals surface area contributed by atoms with E-state index in [1.165, 1.54) is 23.0 Å². The average molecular weight is 498 g/mol. The van der Waals surface area contributed by atoms with E-state index < -0.39 is 18.0 Å². The first-order chi connectivity index (χ1) is 15.7. The number of amides is 2. The first kappa shape index (κ1) is 24.8. The van der Waals surface area contributed by atoms with Crippen molar-refractivity contribution in [1.82, 2.24) is 20.4 Å². The van der Waals surface area contributed by atoms with Crippen molar-refractivity contribution < 1.29 is 23.9 Å². The summed E-state index contributed by atoms with van der Waals surface area (Å²) in [6.45, 7) is 4.64. The highest BCUT2D eigenvalue weighted by Gasteiger charge is 2.24. The van der Waals surface area contributed by atoms with Crippen LogP contribution in [0.3, 0.4) is 0 Å². The van der Waals surface area contributed by atoms with Crippen LogP contribution in [-0.4, -0.2) is 53.0 Å². The summed E-state index contributed by atoms with van der Waals surface area (Å²) in [5, 5.41) is 13.3. The number of hydrogen-bond donors (Lipinski definition) is 3. The number of nitrogens with zero attached hydrogens (tertiary/aromatic N) is 2. The minimum Gasteiger partial charge on any atom is -0.432 e. The SMILES string of the molecule is CC(C)OC(=O)OCn1cc(NC(=O)c2c(Cl)cccc2Cl)c(C(=O)NC2CCNCC2)n1. The number of ether oxygens (including phenoxy) is 2. The third-order valence-electron chi connectivity index (χ3n) is 4.74. The fourth-order valence-electron chi connectivity index (χ4n) is 3.21. The van der Waals surface area contributed by atoms with Gasteiger partial charge in [0.25, 0.3) is 11.8 Å². The second kappa shape index (κ2) is 11.4. The summed E-state index contributed by atoms with van der Waals surface area (Å²) < 4.78 is 11.1. The maximum absolute atomic E-state index is 12.9. The molecule has 1 saturated heterocycles. The smallest absolute Gasteiger partial charge is 0.432 e. The fourth-order valence-corrected chi connectivity index (χ4v) is 3.78. The molecule has 1 aliphatic rings. The molecule has 3 N–H and O–H groups in total. The normalized spacial score (nSPS) is 14.1. The zero-order valence-corrected chi connectivity index (χ0v) is 19.7. The van der Waals surface area contributed by atoms with E-state index in [9.17, 15) is 14.4 Å². The molecule has 0 bridgehead atoms. The van der Waals surface area contributed by atoms with E-state index in [1.54, 1.807) is 19.9 Å². The van der Waals surface area contributed by atoms with Crippen molar-refractivity contribution >= 4 is 46.9 Å². The van der Waals surface area contributed by atoms with Gasteiger partial charge in [0.2, 0.25) is 0 Å². The Morgan fingerprint density at radius 3 is 2.48 bits per heavy atom. The molecule has 0 radical (unpaired) electrons. The second-order valence-electron chi connectivity index (χ2n) is 7.67. The number of rotatable bonds is 7. The highest BCUT2D eigenvalue weighted by Crippen LogP contribution is 2.26. The van der Waals surface area contributed by atoms with E-state index in [-0.39, 0.29) is 45.9 Å². The first-order valence-corrected chi connectivity index (χ1v) is 11.2. The molecule has 1 aliphatic heterocycles. The van der Waals surface area contributed by atoms with Crippen LogP contribution in [0.4, 0.5) is 10.5 Å². The predicted octanol–water partition coefficient (Wildman–Crippen LogP) is 3.44. The van der Waals surface area contributed by atoms with Crippen LogP contribution in [0, 0.1) is 0 Å². The zero-order valence-electron chi connectivity index (χ0n) is 18.2. The van der Waals surface area contributed by atoms with Crippen molar-refractivity contribution in [2.24, 2.45) is 0 Å². The minimum atomic E-state index is -0.880. The zero-order chi connectivity index (χ0) is 24.0. The van der Waals surface area contributed by atoms with Gasteiger partial charge in [-0.15, -0.1) is 0 Å². The predicted molar refractivity (Wildman–Crippen MR) is 123 cm³/mol.